The third-order valence-corrected chi connectivity index (χ3v) is 1.53. The topological polar surface area (TPSA) is 32.7 Å². The Kier molecular flexibility index (Phi) is 6.96. The van der Waals surface area contributed by atoms with E-state index in [1.54, 1.807) is 0 Å². The number of ether oxygens (including phenoxy) is 1. The summed E-state index contributed by atoms with van der Waals surface area (Å²) < 4.78 is 5.12. The number of hydrogen-bond acceptors (Lipinski definition) is 3. The average molecular weight is 182 g/mol. The minimum absolute atomic E-state index is 0.238. The highest BCUT2D eigenvalue weighted by atomic mass is 35.5. The summed E-state index contributed by atoms with van der Waals surface area (Å²) in [6, 6.07) is 0. The molecule has 0 rings (SSSR count). The number of aliphatic hydroxyl groups is 1. The summed E-state index contributed by atoms with van der Waals surface area (Å²) in [7, 11) is 3.95. The molecule has 0 aliphatic heterocycles. The van der Waals surface area contributed by atoms with Gasteiger partial charge in [-0.2, -0.15) is 0 Å². The van der Waals surface area contributed by atoms with E-state index in [-0.39, 0.29) is 5.88 Å². The van der Waals surface area contributed by atoms with Crippen molar-refractivity contribution in [3.63, 3.8) is 0 Å². The maximum absolute atomic E-state index is 8.95. The molecule has 0 aromatic rings. The van der Waals surface area contributed by atoms with E-state index in [0.29, 0.717) is 13.2 Å². The van der Waals surface area contributed by atoms with Crippen LogP contribution < -0.4 is 0 Å². The van der Waals surface area contributed by atoms with Gasteiger partial charge in [-0.15, -0.1) is 11.6 Å². The fourth-order valence-electron chi connectivity index (χ4n) is 0.511. The van der Waals surface area contributed by atoms with Crippen LogP contribution in [0.1, 0.15) is 0 Å². The molecule has 0 aliphatic rings. The molecule has 0 spiro atoms. The Morgan fingerprint density at radius 3 is 2.64 bits per heavy atom. The molecular formula is C7H16ClNO2. The molecule has 0 radical (unpaired) electrons. The molecule has 0 saturated carbocycles. The van der Waals surface area contributed by atoms with E-state index < -0.39 is 6.10 Å². The first-order valence-corrected chi connectivity index (χ1v) is 4.16. The van der Waals surface area contributed by atoms with Gasteiger partial charge in [-0.1, -0.05) is 0 Å². The molecule has 1 atom stereocenters. The summed E-state index contributed by atoms with van der Waals surface area (Å²) in [4.78, 5) is 2.02. The number of likely N-dealkylation sites (N-methyl/N-ethyl adjacent to an activating group) is 1. The van der Waals surface area contributed by atoms with E-state index in [1.165, 1.54) is 0 Å². The molecule has 3 nitrogen and oxygen atoms in total. The number of alkyl halides is 1. The van der Waals surface area contributed by atoms with Crippen LogP contribution in [-0.4, -0.2) is 55.8 Å². The summed E-state index contributed by atoms with van der Waals surface area (Å²) >= 11 is 5.35. The van der Waals surface area contributed by atoms with E-state index in [4.69, 9.17) is 21.4 Å². The van der Waals surface area contributed by atoms with Gasteiger partial charge in [-0.05, 0) is 14.1 Å². The SMILES string of the molecule is CN(C)CCOCC(O)CCl. The highest BCUT2D eigenvalue weighted by Gasteiger charge is 2.00. The Hall–Kier alpha value is 0.170. The summed E-state index contributed by atoms with van der Waals surface area (Å²) in [5.74, 6) is 0.238. The highest BCUT2D eigenvalue weighted by Crippen LogP contribution is 1.88. The molecule has 0 aromatic heterocycles. The first kappa shape index (κ1) is 11.2. The Balaban J connectivity index is 3.01. The normalized spacial score (nSPS) is 13.9. The fraction of sp³-hybridized carbons (Fsp3) is 1.00. The highest BCUT2D eigenvalue weighted by molar-refractivity contribution is 6.18. The zero-order chi connectivity index (χ0) is 8.69. The van der Waals surface area contributed by atoms with Gasteiger partial charge >= 0.3 is 0 Å². The molecule has 1 unspecified atom stereocenters. The van der Waals surface area contributed by atoms with Crippen LogP contribution in [0.4, 0.5) is 0 Å². The van der Waals surface area contributed by atoms with E-state index >= 15 is 0 Å². The van der Waals surface area contributed by atoms with Crippen LogP contribution in [0.15, 0.2) is 0 Å². The smallest absolute Gasteiger partial charge is 0.0908 e. The summed E-state index contributed by atoms with van der Waals surface area (Å²) in [5, 5.41) is 8.95. The second-order valence-corrected chi connectivity index (χ2v) is 2.99. The zero-order valence-corrected chi connectivity index (χ0v) is 7.84. The maximum Gasteiger partial charge on any atom is 0.0908 e. The Labute approximate surface area is 72.9 Å². The fourth-order valence-corrected chi connectivity index (χ4v) is 0.600. The van der Waals surface area contributed by atoms with Gasteiger partial charge in [0.15, 0.2) is 0 Å². The van der Waals surface area contributed by atoms with Gasteiger partial charge in [0.1, 0.15) is 0 Å². The van der Waals surface area contributed by atoms with Crippen LogP contribution in [0.3, 0.4) is 0 Å². The maximum atomic E-state index is 8.95. The van der Waals surface area contributed by atoms with Crippen molar-refractivity contribution < 1.29 is 9.84 Å². The van der Waals surface area contributed by atoms with Crippen molar-refractivity contribution >= 4 is 11.6 Å². The first-order valence-electron chi connectivity index (χ1n) is 3.63. The molecule has 0 amide bonds. The van der Waals surface area contributed by atoms with E-state index in [0.717, 1.165) is 6.54 Å². The number of nitrogens with zero attached hydrogens (tertiary/aromatic N) is 1. The van der Waals surface area contributed by atoms with Gasteiger partial charge < -0.3 is 14.7 Å². The lowest BCUT2D eigenvalue weighted by atomic mass is 10.4. The van der Waals surface area contributed by atoms with Crippen LogP contribution in [-0.2, 0) is 4.74 Å². The summed E-state index contributed by atoms with van der Waals surface area (Å²) in [5.41, 5.74) is 0. The van der Waals surface area contributed by atoms with Crippen LogP contribution >= 0.6 is 11.6 Å². The van der Waals surface area contributed by atoms with Crippen molar-refractivity contribution in [3.05, 3.63) is 0 Å². The predicted molar refractivity (Wildman–Crippen MR) is 46.1 cm³/mol. The van der Waals surface area contributed by atoms with Gasteiger partial charge in [-0.25, -0.2) is 0 Å². The molecule has 11 heavy (non-hydrogen) atoms. The van der Waals surface area contributed by atoms with Crippen LogP contribution in [0.25, 0.3) is 0 Å². The minimum Gasteiger partial charge on any atom is -0.389 e. The van der Waals surface area contributed by atoms with Crippen LogP contribution in [0, 0.1) is 0 Å². The van der Waals surface area contributed by atoms with Crippen LogP contribution in [0.2, 0.25) is 0 Å². The lowest BCUT2D eigenvalue weighted by Crippen LogP contribution is -2.22. The largest absolute Gasteiger partial charge is 0.389 e. The molecule has 0 heterocycles. The van der Waals surface area contributed by atoms with Gasteiger partial charge in [0.2, 0.25) is 0 Å². The van der Waals surface area contributed by atoms with E-state index in [9.17, 15) is 0 Å². The van der Waals surface area contributed by atoms with E-state index in [1.807, 2.05) is 19.0 Å². The Morgan fingerprint density at radius 1 is 1.55 bits per heavy atom. The Morgan fingerprint density at radius 2 is 2.18 bits per heavy atom. The summed E-state index contributed by atoms with van der Waals surface area (Å²) in [6.45, 7) is 1.84. The van der Waals surface area contributed by atoms with Crippen molar-refractivity contribution in [1.82, 2.24) is 4.90 Å². The predicted octanol–water partition coefficient (Wildman–Crippen LogP) is 0.164. The number of rotatable bonds is 6. The molecule has 1 N–H and O–H groups in total. The van der Waals surface area contributed by atoms with Crippen molar-refractivity contribution in [1.29, 1.82) is 0 Å². The standard InChI is InChI=1S/C7H16ClNO2/c1-9(2)3-4-11-6-7(10)5-8/h7,10H,3-6H2,1-2H3. The summed E-state index contributed by atoms with van der Waals surface area (Å²) in [6.07, 6.45) is -0.529. The lowest BCUT2D eigenvalue weighted by molar-refractivity contribution is 0.0418. The average Bonchev–Trinajstić information content (AvgIpc) is 1.97. The van der Waals surface area contributed by atoms with Crippen molar-refractivity contribution in [2.24, 2.45) is 0 Å². The van der Waals surface area contributed by atoms with Gasteiger partial charge in [-0.3, -0.25) is 0 Å². The van der Waals surface area contributed by atoms with Gasteiger partial charge in [0.05, 0.1) is 25.2 Å². The first-order chi connectivity index (χ1) is 5.16. The quantitative estimate of drug-likeness (QED) is 0.468. The van der Waals surface area contributed by atoms with Crippen molar-refractivity contribution in [2.75, 3.05) is 39.7 Å². The second kappa shape index (κ2) is 6.85. The Bertz CT molecular complexity index is 90.5. The second-order valence-electron chi connectivity index (χ2n) is 2.69. The number of hydrogen-bond donors (Lipinski definition) is 1. The molecule has 0 fully saturated rings. The third-order valence-electron chi connectivity index (χ3n) is 1.17. The molecule has 0 saturated heterocycles. The van der Waals surface area contributed by atoms with Gasteiger partial charge in [0, 0.05) is 6.54 Å². The van der Waals surface area contributed by atoms with Crippen molar-refractivity contribution in [3.8, 4) is 0 Å². The molecular weight excluding hydrogens is 166 g/mol. The molecule has 0 bridgehead atoms. The number of aliphatic hydroxyl groups excluding tert-OH is 1. The van der Waals surface area contributed by atoms with Crippen molar-refractivity contribution in [2.45, 2.75) is 6.10 Å². The lowest BCUT2D eigenvalue weighted by Gasteiger charge is -2.11. The van der Waals surface area contributed by atoms with Gasteiger partial charge in [0.25, 0.3) is 0 Å². The molecule has 68 valence electrons. The zero-order valence-electron chi connectivity index (χ0n) is 7.09. The number of halogens is 1. The van der Waals surface area contributed by atoms with Crippen LogP contribution in [0.5, 0.6) is 0 Å². The molecule has 0 aliphatic carbocycles. The molecule has 4 heteroatoms. The van der Waals surface area contributed by atoms with E-state index in [2.05, 4.69) is 0 Å². The molecule has 0 aromatic carbocycles. The third kappa shape index (κ3) is 8.07. The monoisotopic (exact) mass is 181 g/mol. The minimum atomic E-state index is -0.529.